The summed E-state index contributed by atoms with van der Waals surface area (Å²) in [6.45, 7) is 2.09. The average molecular weight is 201 g/mol. The number of hydrogen-bond acceptors (Lipinski definition) is 2. The van der Waals surface area contributed by atoms with Crippen LogP contribution >= 0.6 is 0 Å². The van der Waals surface area contributed by atoms with Crippen LogP contribution in [0.3, 0.4) is 0 Å². The van der Waals surface area contributed by atoms with Crippen molar-refractivity contribution in [2.45, 2.75) is 13.3 Å². The minimum atomic E-state index is -0.133. The largest absolute Gasteiger partial charge is 0.338 e. The van der Waals surface area contributed by atoms with E-state index in [2.05, 4.69) is 18.9 Å². The normalized spacial score (nSPS) is 9.00. The second-order valence-electron chi connectivity index (χ2n) is 3.51. The van der Waals surface area contributed by atoms with Crippen molar-refractivity contribution in [3.05, 3.63) is 35.4 Å². The lowest BCUT2D eigenvalue weighted by atomic mass is 10.1. The molecule has 0 saturated heterocycles. The molecule has 0 saturated carbocycles. The average Bonchev–Trinajstić information content (AvgIpc) is 2.26. The first kappa shape index (κ1) is 11.3. The van der Waals surface area contributed by atoms with Crippen LogP contribution in [-0.4, -0.2) is 24.8 Å². The molecular weight excluding hydrogens is 186 g/mol. The molecule has 0 radical (unpaired) electrons. The predicted molar refractivity (Wildman–Crippen MR) is 61.6 cm³/mol. The highest BCUT2D eigenvalue weighted by molar-refractivity contribution is 6.08. The number of Topliss-reactive ketones (excluding diaryl/α,β-unsaturated/α-hetero) is 1. The smallest absolute Gasteiger partial charge is 0.237 e. The highest BCUT2D eigenvalue weighted by atomic mass is 16.1. The number of rotatable bonds is 2. The lowest BCUT2D eigenvalue weighted by Gasteiger charge is -1.99. The van der Waals surface area contributed by atoms with Gasteiger partial charge in [-0.25, -0.2) is 0 Å². The summed E-state index contributed by atoms with van der Waals surface area (Å²) >= 11 is 0. The molecule has 0 aliphatic heterocycles. The molecule has 1 aromatic rings. The molecule has 1 rings (SSSR count). The van der Waals surface area contributed by atoms with E-state index in [1.807, 2.05) is 24.3 Å². The third-order valence-electron chi connectivity index (χ3n) is 2.02. The molecule has 0 N–H and O–H groups in total. The van der Waals surface area contributed by atoms with E-state index in [9.17, 15) is 4.79 Å². The molecule has 0 spiro atoms. The van der Waals surface area contributed by atoms with Gasteiger partial charge in [-0.1, -0.05) is 31.2 Å². The maximum Gasteiger partial charge on any atom is 0.237 e. The molecule has 0 bridgehead atoms. The molecule has 0 aliphatic rings. The van der Waals surface area contributed by atoms with Gasteiger partial charge in [-0.15, -0.1) is 0 Å². The van der Waals surface area contributed by atoms with Crippen LogP contribution in [0.2, 0.25) is 0 Å². The topological polar surface area (TPSA) is 20.3 Å². The summed E-state index contributed by atoms with van der Waals surface area (Å²) in [6.07, 6.45) is 0.984. The predicted octanol–water partition coefficient (Wildman–Crippen LogP) is 1.95. The number of aryl methyl sites for hydroxylation is 1. The number of hydrogen-bond donors (Lipinski definition) is 0. The Bertz CT molecular complexity index is 393. The summed E-state index contributed by atoms with van der Waals surface area (Å²) in [5.74, 6) is 2.44. The summed E-state index contributed by atoms with van der Waals surface area (Å²) in [6, 6.07) is 10.3. The highest BCUT2D eigenvalue weighted by Gasteiger charge is 2.00. The third kappa shape index (κ3) is 3.47. The Balaban J connectivity index is 2.80. The van der Waals surface area contributed by atoms with Crippen molar-refractivity contribution < 1.29 is 4.79 Å². The quantitative estimate of drug-likeness (QED) is 0.414. The van der Waals surface area contributed by atoms with Gasteiger partial charge >= 0.3 is 0 Å². The molecule has 0 aromatic heterocycles. The van der Waals surface area contributed by atoms with Crippen LogP contribution < -0.4 is 0 Å². The Labute approximate surface area is 90.9 Å². The van der Waals surface area contributed by atoms with Gasteiger partial charge in [0.1, 0.15) is 0 Å². The Kier molecular flexibility index (Phi) is 3.93. The fourth-order valence-corrected chi connectivity index (χ4v) is 1.13. The molecular formula is C13H15NO. The minimum Gasteiger partial charge on any atom is -0.338 e. The van der Waals surface area contributed by atoms with E-state index in [4.69, 9.17) is 0 Å². The van der Waals surface area contributed by atoms with Gasteiger partial charge in [0.05, 0.1) is 0 Å². The molecule has 0 fully saturated rings. The molecule has 0 unspecified atom stereocenters. The van der Waals surface area contributed by atoms with Gasteiger partial charge in [-0.2, -0.15) is 0 Å². The van der Waals surface area contributed by atoms with Crippen LogP contribution in [0.4, 0.5) is 0 Å². The van der Waals surface area contributed by atoms with Crippen LogP contribution in [0.15, 0.2) is 24.3 Å². The van der Waals surface area contributed by atoms with Crippen molar-refractivity contribution in [1.29, 1.82) is 0 Å². The van der Waals surface area contributed by atoms with Crippen molar-refractivity contribution in [3.63, 3.8) is 0 Å². The van der Waals surface area contributed by atoms with Crippen LogP contribution in [-0.2, 0) is 6.42 Å². The van der Waals surface area contributed by atoms with Crippen molar-refractivity contribution in [1.82, 2.24) is 4.90 Å². The van der Waals surface area contributed by atoms with Crippen molar-refractivity contribution in [2.75, 3.05) is 14.1 Å². The maximum absolute atomic E-state index is 11.5. The van der Waals surface area contributed by atoms with Gasteiger partial charge in [-0.05, 0) is 17.9 Å². The lowest BCUT2D eigenvalue weighted by Crippen LogP contribution is -2.03. The summed E-state index contributed by atoms with van der Waals surface area (Å²) in [7, 11) is 3.61. The number of benzene rings is 1. The molecule has 1 aromatic carbocycles. The molecule has 0 aliphatic carbocycles. The zero-order valence-corrected chi connectivity index (χ0v) is 9.37. The van der Waals surface area contributed by atoms with Crippen LogP contribution in [0.1, 0.15) is 22.8 Å². The Hall–Kier alpha value is -1.75. The van der Waals surface area contributed by atoms with Crippen molar-refractivity contribution in [2.24, 2.45) is 0 Å². The van der Waals surface area contributed by atoms with Gasteiger partial charge in [0.15, 0.2) is 0 Å². The zero-order valence-electron chi connectivity index (χ0n) is 9.37. The fourth-order valence-electron chi connectivity index (χ4n) is 1.13. The number of ketones is 1. The number of carbonyl (C=O) groups excluding carboxylic acids is 1. The Morgan fingerprint density at radius 1 is 1.27 bits per heavy atom. The first-order chi connectivity index (χ1) is 7.13. The summed E-state index contributed by atoms with van der Waals surface area (Å²) in [5.41, 5.74) is 1.88. The summed E-state index contributed by atoms with van der Waals surface area (Å²) < 4.78 is 0. The monoisotopic (exact) mass is 201 g/mol. The van der Waals surface area contributed by atoms with Gasteiger partial charge in [0, 0.05) is 25.7 Å². The lowest BCUT2D eigenvalue weighted by molar-refractivity contribution is 0.105. The van der Waals surface area contributed by atoms with E-state index in [0.717, 1.165) is 6.42 Å². The van der Waals surface area contributed by atoms with Crippen LogP contribution in [0, 0.1) is 12.0 Å². The molecule has 78 valence electrons. The van der Waals surface area contributed by atoms with E-state index >= 15 is 0 Å². The summed E-state index contributed by atoms with van der Waals surface area (Å²) in [4.78, 5) is 13.2. The first-order valence-corrected chi connectivity index (χ1v) is 4.95. The van der Waals surface area contributed by atoms with Crippen LogP contribution in [0.25, 0.3) is 0 Å². The zero-order chi connectivity index (χ0) is 11.3. The Morgan fingerprint density at radius 3 is 2.33 bits per heavy atom. The standard InChI is InChI=1S/C13H15NO/c1-4-11-5-7-12(8-6-11)13(15)9-10-14(2)3/h5-8H,4H2,1-3H3. The van der Waals surface area contributed by atoms with Crippen molar-refractivity contribution >= 4 is 5.78 Å². The molecule has 0 amide bonds. The molecule has 2 nitrogen and oxygen atoms in total. The van der Waals surface area contributed by atoms with Crippen LogP contribution in [0.5, 0.6) is 0 Å². The van der Waals surface area contributed by atoms with Gasteiger partial charge in [-0.3, -0.25) is 4.79 Å². The second kappa shape index (κ2) is 5.21. The van der Waals surface area contributed by atoms with E-state index in [1.165, 1.54) is 5.56 Å². The minimum absolute atomic E-state index is 0.133. The Morgan fingerprint density at radius 2 is 1.87 bits per heavy atom. The molecule has 0 heterocycles. The van der Waals surface area contributed by atoms with E-state index in [1.54, 1.807) is 19.0 Å². The first-order valence-electron chi connectivity index (χ1n) is 4.95. The summed E-state index contributed by atoms with van der Waals surface area (Å²) in [5, 5.41) is 0. The fraction of sp³-hybridized carbons (Fsp3) is 0.308. The molecule has 0 atom stereocenters. The van der Waals surface area contributed by atoms with E-state index in [-0.39, 0.29) is 5.78 Å². The van der Waals surface area contributed by atoms with Gasteiger partial charge < -0.3 is 4.90 Å². The van der Waals surface area contributed by atoms with Gasteiger partial charge in [0.25, 0.3) is 0 Å². The number of carbonyl (C=O) groups is 1. The van der Waals surface area contributed by atoms with E-state index < -0.39 is 0 Å². The maximum atomic E-state index is 11.5. The molecule has 2 heteroatoms. The van der Waals surface area contributed by atoms with Gasteiger partial charge in [0.2, 0.25) is 5.78 Å². The SMILES string of the molecule is CCc1ccc(C(=O)C#CN(C)C)cc1. The van der Waals surface area contributed by atoms with E-state index in [0.29, 0.717) is 5.56 Å². The third-order valence-corrected chi connectivity index (χ3v) is 2.02. The second-order valence-corrected chi connectivity index (χ2v) is 3.51. The number of nitrogens with zero attached hydrogens (tertiary/aromatic N) is 1. The van der Waals surface area contributed by atoms with Crippen molar-refractivity contribution in [3.8, 4) is 12.0 Å². The molecule has 15 heavy (non-hydrogen) atoms. The highest BCUT2D eigenvalue weighted by Crippen LogP contribution is 2.05.